The summed E-state index contributed by atoms with van der Waals surface area (Å²) < 4.78 is 1.07. The largest absolute Gasteiger partial charge is 0.330 e. The van der Waals surface area contributed by atoms with E-state index in [2.05, 4.69) is 27.4 Å². The molecule has 0 amide bonds. The Morgan fingerprint density at radius 1 is 1.67 bits per heavy atom. The van der Waals surface area contributed by atoms with Crippen molar-refractivity contribution in [1.82, 2.24) is 4.90 Å². The molecule has 70 valence electrons. The van der Waals surface area contributed by atoms with E-state index in [1.54, 1.807) is 0 Å². The Morgan fingerprint density at radius 3 is 3.00 bits per heavy atom. The third-order valence-electron chi connectivity index (χ3n) is 2.33. The van der Waals surface area contributed by atoms with E-state index in [-0.39, 0.29) is 0 Å². The highest BCUT2D eigenvalue weighted by Gasteiger charge is 2.18. The Balaban J connectivity index is 2.30. The van der Waals surface area contributed by atoms with Crippen LogP contribution in [0.5, 0.6) is 0 Å². The SMILES string of the molecule is C=C(Br)CN1CCCC(CN)C1. The highest BCUT2D eigenvalue weighted by Crippen LogP contribution is 2.16. The van der Waals surface area contributed by atoms with Gasteiger partial charge in [-0.2, -0.15) is 0 Å². The molecule has 1 saturated heterocycles. The molecule has 2 nitrogen and oxygen atoms in total. The van der Waals surface area contributed by atoms with E-state index in [9.17, 15) is 0 Å². The fourth-order valence-corrected chi connectivity index (χ4v) is 2.08. The van der Waals surface area contributed by atoms with Crippen LogP contribution in [0.1, 0.15) is 12.8 Å². The Bertz CT molecular complexity index is 159. The van der Waals surface area contributed by atoms with E-state index in [0.717, 1.165) is 24.1 Å². The van der Waals surface area contributed by atoms with Crippen LogP contribution in [0, 0.1) is 5.92 Å². The number of hydrogen-bond acceptors (Lipinski definition) is 2. The molecule has 1 aliphatic heterocycles. The number of hydrogen-bond donors (Lipinski definition) is 1. The summed E-state index contributed by atoms with van der Waals surface area (Å²) in [5.74, 6) is 0.700. The molecule has 1 aliphatic rings. The van der Waals surface area contributed by atoms with E-state index in [1.165, 1.54) is 19.4 Å². The van der Waals surface area contributed by atoms with Crippen LogP contribution in [0.2, 0.25) is 0 Å². The van der Waals surface area contributed by atoms with Gasteiger partial charge < -0.3 is 5.73 Å². The second kappa shape index (κ2) is 5.00. The minimum Gasteiger partial charge on any atom is -0.330 e. The monoisotopic (exact) mass is 232 g/mol. The van der Waals surface area contributed by atoms with Crippen LogP contribution in [0.3, 0.4) is 0 Å². The van der Waals surface area contributed by atoms with Crippen LogP contribution < -0.4 is 5.73 Å². The molecule has 0 aliphatic carbocycles. The van der Waals surface area contributed by atoms with E-state index in [1.807, 2.05) is 0 Å². The molecule has 0 aromatic rings. The van der Waals surface area contributed by atoms with Crippen molar-refractivity contribution in [2.45, 2.75) is 12.8 Å². The van der Waals surface area contributed by atoms with E-state index < -0.39 is 0 Å². The first-order valence-electron chi connectivity index (χ1n) is 4.48. The van der Waals surface area contributed by atoms with Crippen LogP contribution in [-0.2, 0) is 0 Å². The highest BCUT2D eigenvalue weighted by molar-refractivity contribution is 9.11. The molecule has 0 saturated carbocycles. The quantitative estimate of drug-likeness (QED) is 0.801. The molecule has 12 heavy (non-hydrogen) atoms. The molecule has 0 aromatic carbocycles. The number of nitrogens with two attached hydrogens (primary N) is 1. The second-order valence-electron chi connectivity index (χ2n) is 3.50. The van der Waals surface area contributed by atoms with Crippen molar-refractivity contribution in [3.8, 4) is 0 Å². The molecule has 1 atom stereocenters. The van der Waals surface area contributed by atoms with Crippen LogP contribution >= 0.6 is 15.9 Å². The average Bonchev–Trinajstić information content (AvgIpc) is 2.03. The van der Waals surface area contributed by atoms with Gasteiger partial charge in [0.2, 0.25) is 0 Å². The maximum absolute atomic E-state index is 5.64. The van der Waals surface area contributed by atoms with Crippen molar-refractivity contribution in [3.05, 3.63) is 11.1 Å². The first-order valence-corrected chi connectivity index (χ1v) is 5.27. The van der Waals surface area contributed by atoms with Crippen molar-refractivity contribution >= 4 is 15.9 Å². The van der Waals surface area contributed by atoms with Gasteiger partial charge in [-0.25, -0.2) is 0 Å². The highest BCUT2D eigenvalue weighted by atomic mass is 79.9. The molecule has 1 unspecified atom stereocenters. The van der Waals surface area contributed by atoms with E-state index in [0.29, 0.717) is 5.92 Å². The minimum atomic E-state index is 0.700. The zero-order valence-electron chi connectivity index (χ0n) is 7.43. The van der Waals surface area contributed by atoms with Crippen molar-refractivity contribution in [2.24, 2.45) is 11.7 Å². The lowest BCUT2D eigenvalue weighted by Gasteiger charge is -2.31. The van der Waals surface area contributed by atoms with Crippen molar-refractivity contribution in [2.75, 3.05) is 26.2 Å². The molecule has 1 rings (SSSR count). The molecule has 2 N–H and O–H groups in total. The van der Waals surface area contributed by atoms with Gasteiger partial charge >= 0.3 is 0 Å². The fourth-order valence-electron chi connectivity index (χ4n) is 1.73. The summed E-state index contributed by atoms with van der Waals surface area (Å²) in [6, 6.07) is 0. The standard InChI is InChI=1S/C9H17BrN2/c1-8(10)6-12-4-2-3-9(5-11)7-12/h9H,1-7,11H2. The van der Waals surface area contributed by atoms with E-state index in [4.69, 9.17) is 5.73 Å². The molecular weight excluding hydrogens is 216 g/mol. The van der Waals surface area contributed by atoms with Crippen molar-refractivity contribution in [1.29, 1.82) is 0 Å². The topological polar surface area (TPSA) is 29.3 Å². The first kappa shape index (κ1) is 10.2. The molecule has 0 spiro atoms. The Kier molecular flexibility index (Phi) is 4.26. The van der Waals surface area contributed by atoms with Gasteiger partial charge in [-0.15, -0.1) is 0 Å². The third kappa shape index (κ3) is 3.25. The summed E-state index contributed by atoms with van der Waals surface area (Å²) in [4.78, 5) is 2.41. The van der Waals surface area contributed by atoms with E-state index >= 15 is 0 Å². The summed E-state index contributed by atoms with van der Waals surface area (Å²) in [6.45, 7) is 7.97. The van der Waals surface area contributed by atoms with Gasteiger partial charge in [0.05, 0.1) is 0 Å². The fraction of sp³-hybridized carbons (Fsp3) is 0.778. The Hall–Kier alpha value is 0.140. The lowest BCUT2D eigenvalue weighted by atomic mass is 9.98. The van der Waals surface area contributed by atoms with Crippen molar-refractivity contribution in [3.63, 3.8) is 0 Å². The zero-order valence-corrected chi connectivity index (χ0v) is 9.02. The molecule has 1 heterocycles. The third-order valence-corrected chi connectivity index (χ3v) is 2.58. The Morgan fingerprint density at radius 2 is 2.42 bits per heavy atom. The predicted molar refractivity (Wildman–Crippen MR) is 56.3 cm³/mol. The second-order valence-corrected chi connectivity index (χ2v) is 4.62. The van der Waals surface area contributed by atoms with Crippen LogP contribution in [0.4, 0.5) is 0 Å². The normalized spacial score (nSPS) is 25.7. The number of nitrogens with zero attached hydrogens (tertiary/aromatic N) is 1. The number of rotatable bonds is 3. The smallest absolute Gasteiger partial charge is 0.0294 e. The van der Waals surface area contributed by atoms with Crippen LogP contribution in [0.25, 0.3) is 0 Å². The Labute approximate surface area is 82.9 Å². The zero-order chi connectivity index (χ0) is 8.97. The van der Waals surface area contributed by atoms with Gasteiger partial charge in [-0.05, 0) is 31.8 Å². The lowest BCUT2D eigenvalue weighted by Crippen LogP contribution is -2.38. The number of likely N-dealkylation sites (tertiary alicyclic amines) is 1. The van der Waals surface area contributed by atoms with Gasteiger partial charge in [-0.1, -0.05) is 22.5 Å². The lowest BCUT2D eigenvalue weighted by molar-refractivity contribution is 0.194. The van der Waals surface area contributed by atoms with Gasteiger partial charge in [0.15, 0.2) is 0 Å². The number of halogens is 1. The molecule has 1 fully saturated rings. The van der Waals surface area contributed by atoms with Crippen molar-refractivity contribution < 1.29 is 0 Å². The summed E-state index contributed by atoms with van der Waals surface area (Å²) in [5.41, 5.74) is 5.64. The van der Waals surface area contributed by atoms with Gasteiger partial charge in [0.1, 0.15) is 0 Å². The maximum Gasteiger partial charge on any atom is 0.0294 e. The molecule has 3 heteroatoms. The average molecular weight is 233 g/mol. The molecule has 0 bridgehead atoms. The van der Waals surface area contributed by atoms with Crippen LogP contribution in [0.15, 0.2) is 11.1 Å². The maximum atomic E-state index is 5.64. The number of piperidine rings is 1. The molecular formula is C9H17BrN2. The van der Waals surface area contributed by atoms with Gasteiger partial charge in [-0.3, -0.25) is 4.90 Å². The minimum absolute atomic E-state index is 0.700. The van der Waals surface area contributed by atoms with Gasteiger partial charge in [0.25, 0.3) is 0 Å². The summed E-state index contributed by atoms with van der Waals surface area (Å²) in [7, 11) is 0. The summed E-state index contributed by atoms with van der Waals surface area (Å²) in [6.07, 6.45) is 2.57. The summed E-state index contributed by atoms with van der Waals surface area (Å²) in [5, 5.41) is 0. The molecule has 0 radical (unpaired) electrons. The van der Waals surface area contributed by atoms with Gasteiger partial charge in [0, 0.05) is 17.6 Å². The summed E-state index contributed by atoms with van der Waals surface area (Å²) >= 11 is 3.38. The molecule has 0 aromatic heterocycles. The first-order chi connectivity index (χ1) is 5.72. The predicted octanol–water partition coefficient (Wildman–Crippen LogP) is 1.57. The van der Waals surface area contributed by atoms with Crippen LogP contribution in [-0.4, -0.2) is 31.1 Å².